The Bertz CT molecular complexity index is 872. The van der Waals surface area contributed by atoms with Crippen molar-refractivity contribution in [2.24, 2.45) is 0 Å². The number of hydrogen-bond acceptors (Lipinski definition) is 3. The second-order valence-electron chi connectivity index (χ2n) is 6.04. The smallest absolute Gasteiger partial charge is 0.378 e. The van der Waals surface area contributed by atoms with Crippen LogP contribution in [0.5, 0.6) is 0 Å². The summed E-state index contributed by atoms with van der Waals surface area (Å²) in [5, 5.41) is 5.46. The maximum atomic E-state index is 13.5. The minimum Gasteiger partial charge on any atom is -0.378 e. The lowest BCUT2D eigenvalue weighted by atomic mass is 10.1. The Morgan fingerprint density at radius 1 is 0.964 bits per heavy atom. The Hall–Kier alpha value is -2.16. The van der Waals surface area contributed by atoms with Crippen LogP contribution in [-0.2, 0) is 10.9 Å². The van der Waals surface area contributed by atoms with E-state index in [4.69, 9.17) is 27.9 Å². The summed E-state index contributed by atoms with van der Waals surface area (Å²) in [6.07, 6.45) is -4.56. The van der Waals surface area contributed by atoms with Crippen molar-refractivity contribution in [2.45, 2.75) is 6.18 Å². The molecule has 0 saturated carbocycles. The normalized spacial score (nSPS) is 14.7. The maximum absolute atomic E-state index is 13.5. The number of nitrogens with zero attached hydrogens (tertiary/aromatic N) is 1. The fourth-order valence-corrected chi connectivity index (χ4v) is 3.09. The van der Waals surface area contributed by atoms with Gasteiger partial charge in [-0.3, -0.25) is 0 Å². The molecule has 0 radical (unpaired) electrons. The van der Waals surface area contributed by atoms with Crippen LogP contribution in [0.4, 0.5) is 35.0 Å². The number of hydrogen-bond donors (Lipinski definition) is 2. The Morgan fingerprint density at radius 3 is 2.18 bits per heavy atom. The van der Waals surface area contributed by atoms with Crippen molar-refractivity contribution in [2.75, 3.05) is 41.8 Å². The molecule has 28 heavy (non-hydrogen) atoms. The van der Waals surface area contributed by atoms with Crippen molar-refractivity contribution in [1.29, 1.82) is 0 Å². The molecule has 2 amide bonds. The molecule has 5 nitrogen and oxygen atoms in total. The van der Waals surface area contributed by atoms with E-state index < -0.39 is 17.8 Å². The third-order valence-electron chi connectivity index (χ3n) is 4.09. The molecule has 10 heteroatoms. The lowest BCUT2D eigenvalue weighted by Gasteiger charge is -2.31. The van der Waals surface area contributed by atoms with Crippen molar-refractivity contribution < 1.29 is 22.7 Å². The number of halogens is 5. The highest BCUT2D eigenvalue weighted by Gasteiger charge is 2.35. The second kappa shape index (κ2) is 8.46. The van der Waals surface area contributed by atoms with Gasteiger partial charge >= 0.3 is 12.2 Å². The topological polar surface area (TPSA) is 53.6 Å². The molecule has 0 atom stereocenters. The number of rotatable bonds is 3. The molecule has 150 valence electrons. The Balaban J connectivity index is 1.78. The zero-order chi connectivity index (χ0) is 20.3. The van der Waals surface area contributed by atoms with Gasteiger partial charge in [-0.05, 0) is 36.4 Å². The fraction of sp³-hybridized carbons (Fsp3) is 0.278. The van der Waals surface area contributed by atoms with Gasteiger partial charge < -0.3 is 20.3 Å². The maximum Gasteiger partial charge on any atom is 0.418 e. The monoisotopic (exact) mass is 433 g/mol. The van der Waals surface area contributed by atoms with Gasteiger partial charge in [0, 0.05) is 30.2 Å². The number of morpholine rings is 1. The molecule has 1 aliphatic heterocycles. The highest BCUT2D eigenvalue weighted by Crippen LogP contribution is 2.38. The van der Waals surface area contributed by atoms with E-state index in [9.17, 15) is 18.0 Å². The van der Waals surface area contributed by atoms with Gasteiger partial charge in [0.1, 0.15) is 0 Å². The Labute approximate surface area is 169 Å². The molecular weight excluding hydrogens is 418 g/mol. The molecule has 1 fully saturated rings. The van der Waals surface area contributed by atoms with Crippen molar-refractivity contribution in [3.63, 3.8) is 0 Å². The summed E-state index contributed by atoms with van der Waals surface area (Å²) in [6, 6.07) is 7.45. The molecule has 2 aromatic rings. The summed E-state index contributed by atoms with van der Waals surface area (Å²) < 4.78 is 45.8. The van der Waals surface area contributed by atoms with Crippen molar-refractivity contribution in [3.05, 3.63) is 52.0 Å². The predicted molar refractivity (Wildman–Crippen MR) is 104 cm³/mol. The lowest BCUT2D eigenvalue weighted by molar-refractivity contribution is -0.137. The van der Waals surface area contributed by atoms with Crippen LogP contribution >= 0.6 is 23.2 Å². The molecule has 0 bridgehead atoms. The summed E-state index contributed by atoms with van der Waals surface area (Å²) >= 11 is 11.7. The van der Waals surface area contributed by atoms with Gasteiger partial charge in [0.25, 0.3) is 0 Å². The molecule has 2 aromatic carbocycles. The van der Waals surface area contributed by atoms with Gasteiger partial charge in [0.2, 0.25) is 0 Å². The van der Waals surface area contributed by atoms with E-state index in [-0.39, 0.29) is 16.4 Å². The zero-order valence-corrected chi connectivity index (χ0v) is 16.0. The lowest BCUT2D eigenvalue weighted by Crippen LogP contribution is -2.37. The first-order valence-electron chi connectivity index (χ1n) is 8.31. The third-order valence-corrected chi connectivity index (χ3v) is 4.83. The van der Waals surface area contributed by atoms with Crippen LogP contribution in [0.3, 0.4) is 0 Å². The molecular formula is C18H16Cl2F3N3O2. The number of carbonyl (C=O) groups is 1. The van der Waals surface area contributed by atoms with Crippen LogP contribution in [0.2, 0.25) is 10.0 Å². The molecule has 0 spiro atoms. The minimum absolute atomic E-state index is 0.0156. The quantitative estimate of drug-likeness (QED) is 0.672. The molecule has 1 saturated heterocycles. The van der Waals surface area contributed by atoms with E-state index in [1.807, 2.05) is 0 Å². The summed E-state index contributed by atoms with van der Waals surface area (Å²) in [5.74, 6) is 0. The van der Waals surface area contributed by atoms with E-state index in [1.54, 1.807) is 4.90 Å². The minimum atomic E-state index is -4.56. The standard InChI is InChI=1S/C18H16Cl2F3N3O2/c19-14-3-1-12(10-15(14)20)25-17(27)24-11-2-4-16(13(9-11)18(21,22)23)26-5-7-28-8-6-26/h1-4,9-10H,5-8H2,(H2,24,25,27). The third kappa shape index (κ3) is 5.01. The number of anilines is 3. The first kappa shape index (κ1) is 20.6. The van der Waals surface area contributed by atoms with E-state index >= 15 is 0 Å². The zero-order valence-electron chi connectivity index (χ0n) is 14.4. The Morgan fingerprint density at radius 2 is 1.57 bits per heavy atom. The van der Waals surface area contributed by atoms with Gasteiger partial charge in [0.05, 0.1) is 28.8 Å². The number of ether oxygens (including phenoxy) is 1. The molecule has 1 heterocycles. The number of carbonyl (C=O) groups excluding carboxylic acids is 1. The number of urea groups is 1. The van der Waals surface area contributed by atoms with E-state index in [0.29, 0.717) is 37.0 Å². The van der Waals surface area contributed by atoms with Crippen LogP contribution < -0.4 is 15.5 Å². The van der Waals surface area contributed by atoms with Gasteiger partial charge in [0.15, 0.2) is 0 Å². The van der Waals surface area contributed by atoms with Crippen molar-refractivity contribution in [1.82, 2.24) is 0 Å². The fourth-order valence-electron chi connectivity index (χ4n) is 2.79. The average Bonchev–Trinajstić information content (AvgIpc) is 2.65. The highest BCUT2D eigenvalue weighted by molar-refractivity contribution is 6.42. The first-order chi connectivity index (χ1) is 13.2. The summed E-state index contributed by atoms with van der Waals surface area (Å²) in [4.78, 5) is 13.7. The SMILES string of the molecule is O=C(Nc1ccc(Cl)c(Cl)c1)Nc1ccc(N2CCOCC2)c(C(F)(F)F)c1. The van der Waals surface area contributed by atoms with E-state index in [2.05, 4.69) is 10.6 Å². The Kier molecular flexibility index (Phi) is 6.22. The van der Waals surface area contributed by atoms with Crippen LogP contribution in [-0.4, -0.2) is 32.3 Å². The predicted octanol–water partition coefficient (Wildman–Crippen LogP) is 5.49. The number of benzene rings is 2. The van der Waals surface area contributed by atoms with Gasteiger partial charge in [-0.1, -0.05) is 23.2 Å². The molecule has 2 N–H and O–H groups in total. The average molecular weight is 434 g/mol. The number of amides is 2. The second-order valence-corrected chi connectivity index (χ2v) is 6.85. The largest absolute Gasteiger partial charge is 0.418 e. The van der Waals surface area contributed by atoms with Crippen LogP contribution in [0.1, 0.15) is 5.56 Å². The van der Waals surface area contributed by atoms with Gasteiger partial charge in [-0.15, -0.1) is 0 Å². The summed E-state index contributed by atoms with van der Waals surface area (Å²) in [6.45, 7) is 1.47. The van der Waals surface area contributed by atoms with E-state index in [0.717, 1.165) is 6.07 Å². The van der Waals surface area contributed by atoms with Gasteiger partial charge in [-0.25, -0.2) is 4.79 Å². The number of alkyl halides is 3. The molecule has 0 aliphatic carbocycles. The van der Waals surface area contributed by atoms with E-state index in [1.165, 1.54) is 30.3 Å². The summed E-state index contributed by atoms with van der Waals surface area (Å²) in [7, 11) is 0. The van der Waals surface area contributed by atoms with Crippen LogP contribution in [0, 0.1) is 0 Å². The summed E-state index contributed by atoms with van der Waals surface area (Å²) in [5.41, 5.74) is -0.386. The van der Waals surface area contributed by atoms with Crippen molar-refractivity contribution >= 4 is 46.3 Å². The van der Waals surface area contributed by atoms with Gasteiger partial charge in [-0.2, -0.15) is 13.2 Å². The molecule has 3 rings (SSSR count). The van der Waals surface area contributed by atoms with Crippen LogP contribution in [0.15, 0.2) is 36.4 Å². The first-order valence-corrected chi connectivity index (χ1v) is 9.06. The highest BCUT2D eigenvalue weighted by atomic mass is 35.5. The van der Waals surface area contributed by atoms with Crippen molar-refractivity contribution in [3.8, 4) is 0 Å². The number of nitrogens with one attached hydrogen (secondary N) is 2. The molecule has 1 aliphatic rings. The molecule has 0 aromatic heterocycles. The molecule has 0 unspecified atom stereocenters. The van der Waals surface area contributed by atoms with Crippen LogP contribution in [0.25, 0.3) is 0 Å².